The topological polar surface area (TPSA) is 184 Å². The van der Waals surface area contributed by atoms with E-state index < -0.39 is 18.2 Å². The molecule has 0 aliphatic heterocycles. The molecule has 0 aliphatic rings. The predicted octanol–water partition coefficient (Wildman–Crippen LogP) is -4.66. The molecule has 9 nitrogen and oxygen atoms in total. The van der Waals surface area contributed by atoms with Gasteiger partial charge in [-0.1, -0.05) is 0 Å². The molecule has 0 bridgehead atoms. The van der Waals surface area contributed by atoms with Crippen molar-refractivity contribution in [1.82, 2.24) is 0 Å². The van der Waals surface area contributed by atoms with Crippen LogP contribution in [0.5, 0.6) is 0 Å². The van der Waals surface area contributed by atoms with Gasteiger partial charge in [0.05, 0.1) is 0 Å². The zero-order chi connectivity index (χ0) is 9.00. The van der Waals surface area contributed by atoms with Gasteiger partial charge in [0.25, 0.3) is 0 Å². The molecular formula is H14AlO9PPbSSr. The van der Waals surface area contributed by atoms with E-state index in [0.29, 0.717) is 0 Å². The molecule has 0 amide bonds. The first-order chi connectivity index (χ1) is 4.00. The SMILES string of the molecule is O.O=P(O)(O)O.O=S(=O)(O)O.[AlH3].[H-].[H-].[PbH2].[Sr+2]. The van der Waals surface area contributed by atoms with Crippen molar-refractivity contribution in [3.05, 3.63) is 0 Å². The van der Waals surface area contributed by atoms with Gasteiger partial charge < -0.3 is 23.0 Å². The van der Waals surface area contributed by atoms with E-state index >= 15 is 0 Å². The maximum Gasteiger partial charge on any atom is 2.00 e. The molecule has 0 aromatic heterocycles. The summed E-state index contributed by atoms with van der Waals surface area (Å²) >= 11 is 0. The van der Waals surface area contributed by atoms with E-state index in [1.807, 2.05) is 0 Å². The summed E-state index contributed by atoms with van der Waals surface area (Å²) in [5.41, 5.74) is 0. The van der Waals surface area contributed by atoms with E-state index in [-0.39, 0.29) is 98.5 Å². The molecule has 7 N–H and O–H groups in total. The summed E-state index contributed by atoms with van der Waals surface area (Å²) in [5.74, 6) is 0. The largest absolute Gasteiger partial charge is 2.00 e. The van der Waals surface area contributed by atoms with Crippen LogP contribution in [-0.4, -0.2) is 128 Å². The Bertz CT molecular complexity index is 211. The minimum atomic E-state index is -4.67. The fourth-order valence-electron chi connectivity index (χ4n) is 0. The second kappa shape index (κ2) is 15.9. The standard InChI is InChI=1S/Al.H3O4P.H2O4S.H2O.Pb.Sr.7H/c;2*1-5(2,3)4;;;;;;;;;;/h;(H3,1,2,3,4);(H2,1,2,3,4);1H2;;;;;;;;;/q;;;;;+2;;;;;;2*-1. The van der Waals surface area contributed by atoms with Crippen LogP contribution in [0.25, 0.3) is 0 Å². The van der Waals surface area contributed by atoms with Gasteiger partial charge in [-0.2, -0.15) is 8.42 Å². The van der Waals surface area contributed by atoms with Gasteiger partial charge in [-0.25, -0.2) is 4.57 Å². The molecule has 0 rings (SSSR count). The first kappa shape index (κ1) is 36.0. The molecule has 0 atom stereocenters. The first-order valence-corrected chi connectivity index (χ1v) is 4.44. The van der Waals surface area contributed by atoms with Crippen LogP contribution in [0, 0.1) is 0 Å². The number of rotatable bonds is 0. The zero-order valence-electron chi connectivity index (χ0n) is 8.23. The second-order valence-electron chi connectivity index (χ2n) is 0.961. The average molecular weight is 543 g/mol. The van der Waals surface area contributed by atoms with Crippen LogP contribution in [-0.2, 0) is 15.0 Å². The molecule has 0 aliphatic carbocycles. The van der Waals surface area contributed by atoms with Crippen LogP contribution >= 0.6 is 7.82 Å². The zero-order valence-corrected chi connectivity index (χ0v) is 16.9. The molecule has 0 unspecified atom stereocenters. The summed E-state index contributed by atoms with van der Waals surface area (Å²) in [6.45, 7) is 0. The third kappa shape index (κ3) is 346. The van der Waals surface area contributed by atoms with Crippen molar-refractivity contribution < 1.29 is 45.1 Å². The van der Waals surface area contributed by atoms with Gasteiger partial charge in [0.15, 0.2) is 17.4 Å². The Morgan fingerprint density at radius 3 is 1.07 bits per heavy atom. The Morgan fingerprint density at radius 2 is 1.07 bits per heavy atom. The van der Waals surface area contributed by atoms with Crippen LogP contribution in [0.3, 0.4) is 0 Å². The van der Waals surface area contributed by atoms with Crippen LogP contribution in [0.1, 0.15) is 2.85 Å². The Balaban J connectivity index is -0.00000000970. The van der Waals surface area contributed by atoms with Crippen molar-refractivity contribution in [3.63, 3.8) is 0 Å². The first-order valence-electron chi connectivity index (χ1n) is 1.48. The molecule has 0 aromatic carbocycles. The molecular weight excluding hydrogens is 529 g/mol. The molecule has 0 aromatic rings. The van der Waals surface area contributed by atoms with E-state index in [1.54, 1.807) is 0 Å². The third-order valence-electron chi connectivity index (χ3n) is 0. The minimum absolute atomic E-state index is 0. The molecule has 0 heterocycles. The quantitative estimate of drug-likeness (QED) is 0.115. The maximum absolute atomic E-state index is 8.88. The van der Waals surface area contributed by atoms with Gasteiger partial charge >= 0.3 is 91.0 Å². The van der Waals surface area contributed by atoms with Crippen molar-refractivity contribution >= 4 is 108 Å². The van der Waals surface area contributed by atoms with Crippen molar-refractivity contribution in [3.8, 4) is 0 Å². The molecule has 14 heavy (non-hydrogen) atoms. The smallest absolute Gasteiger partial charge is 2.00 e. The van der Waals surface area contributed by atoms with Crippen molar-refractivity contribution in [2.45, 2.75) is 0 Å². The van der Waals surface area contributed by atoms with Gasteiger partial charge in [-0.15, -0.1) is 0 Å². The van der Waals surface area contributed by atoms with Gasteiger partial charge in [0, 0.05) is 0 Å². The van der Waals surface area contributed by atoms with Gasteiger partial charge in [-0.05, 0) is 0 Å². The minimum Gasteiger partial charge on any atom is 2.00 e. The summed E-state index contributed by atoms with van der Waals surface area (Å²) in [4.78, 5) is 21.6. The number of hydrogen-bond donors (Lipinski definition) is 5. The predicted molar refractivity (Wildman–Crippen MR) is 58.5 cm³/mol. The molecule has 0 spiro atoms. The van der Waals surface area contributed by atoms with E-state index in [2.05, 4.69) is 0 Å². The van der Waals surface area contributed by atoms with Crippen molar-refractivity contribution in [1.29, 1.82) is 0 Å². The van der Waals surface area contributed by atoms with Gasteiger partial charge in [-0.3, -0.25) is 9.11 Å². The van der Waals surface area contributed by atoms with E-state index in [9.17, 15) is 0 Å². The Hall–Kier alpha value is 2.88. The fraction of sp³-hybridized carbons (Fsp3) is 0. The summed E-state index contributed by atoms with van der Waals surface area (Å²) in [6, 6.07) is 0. The Morgan fingerprint density at radius 1 is 1.07 bits per heavy atom. The van der Waals surface area contributed by atoms with Crippen LogP contribution in [0.2, 0.25) is 0 Å². The van der Waals surface area contributed by atoms with Crippen LogP contribution < -0.4 is 0 Å². The molecule has 2 radical (unpaired) electrons. The summed E-state index contributed by atoms with van der Waals surface area (Å²) in [7, 11) is -9.31. The van der Waals surface area contributed by atoms with Crippen LogP contribution in [0.15, 0.2) is 0 Å². The number of phosphoric acid groups is 1. The molecule has 0 saturated heterocycles. The van der Waals surface area contributed by atoms with E-state index in [1.165, 1.54) is 0 Å². The van der Waals surface area contributed by atoms with E-state index in [4.69, 9.17) is 36.8 Å². The third-order valence-corrected chi connectivity index (χ3v) is 0. The average Bonchev–Trinajstić information content (AvgIpc) is 1.12. The maximum atomic E-state index is 8.88. The molecule has 14 heteroatoms. The normalized spacial score (nSPS) is 8.36. The fourth-order valence-corrected chi connectivity index (χ4v) is 0. The van der Waals surface area contributed by atoms with Crippen LogP contribution in [0.4, 0.5) is 0 Å². The monoisotopic (exact) mass is 544 g/mol. The van der Waals surface area contributed by atoms with Crippen molar-refractivity contribution in [2.75, 3.05) is 0 Å². The molecule has 0 saturated carbocycles. The molecule has 0 fully saturated rings. The Kier molecular flexibility index (Phi) is 40.8. The molecule has 88 valence electrons. The summed E-state index contributed by atoms with van der Waals surface area (Å²) < 4.78 is 40.5. The summed E-state index contributed by atoms with van der Waals surface area (Å²) in [6.07, 6.45) is 0. The van der Waals surface area contributed by atoms with E-state index in [0.717, 1.165) is 0 Å². The number of hydrogen-bond acceptors (Lipinski definition) is 3. The van der Waals surface area contributed by atoms with Gasteiger partial charge in [0.1, 0.15) is 0 Å². The van der Waals surface area contributed by atoms with Crippen molar-refractivity contribution in [2.24, 2.45) is 0 Å². The second-order valence-corrected chi connectivity index (χ2v) is 2.88. The van der Waals surface area contributed by atoms with Gasteiger partial charge in [0.2, 0.25) is 0 Å². The summed E-state index contributed by atoms with van der Waals surface area (Å²) in [5, 5.41) is 0. The Labute approximate surface area is 151 Å².